The van der Waals surface area contributed by atoms with Crippen molar-refractivity contribution >= 4 is 28.9 Å². The molecule has 0 saturated heterocycles. The molecule has 2 unspecified atom stereocenters. The van der Waals surface area contributed by atoms with Gasteiger partial charge in [0.2, 0.25) is 12.8 Å². The second-order valence-corrected chi connectivity index (χ2v) is 8.26. The van der Waals surface area contributed by atoms with Crippen LogP contribution in [-0.4, -0.2) is 45.5 Å². The highest BCUT2D eigenvalue weighted by Gasteiger charge is 2.38. The lowest BCUT2D eigenvalue weighted by atomic mass is 10.0. The number of rotatable bonds is 3. The van der Waals surface area contributed by atoms with Gasteiger partial charge in [-0.3, -0.25) is 9.79 Å². The minimum absolute atomic E-state index is 0.216. The highest BCUT2D eigenvalue weighted by atomic mass is 32.2. The third-order valence-electron chi connectivity index (χ3n) is 3.64. The monoisotopic (exact) mass is 422 g/mol. The van der Waals surface area contributed by atoms with Gasteiger partial charge < -0.3 is 11.1 Å². The van der Waals surface area contributed by atoms with Crippen LogP contribution in [0.2, 0.25) is 0 Å². The van der Waals surface area contributed by atoms with E-state index in [0.717, 1.165) is 6.92 Å². The Labute approximate surface area is 167 Å². The number of halogens is 3. The molecule has 2 atom stereocenters. The lowest BCUT2D eigenvalue weighted by Crippen LogP contribution is -2.45. The minimum Gasteiger partial charge on any atom is -0.386 e. The highest BCUT2D eigenvalue weighted by molar-refractivity contribution is 7.85. The summed E-state index contributed by atoms with van der Waals surface area (Å²) in [7, 11) is 0.316. The van der Waals surface area contributed by atoms with Gasteiger partial charge in [-0.1, -0.05) is 13.8 Å². The third kappa shape index (κ3) is 7.23. The summed E-state index contributed by atoms with van der Waals surface area (Å²) >= 11 is 0. The fourth-order valence-corrected chi connectivity index (χ4v) is 3.57. The Kier molecular flexibility index (Phi) is 11.0. The van der Waals surface area contributed by atoms with Crippen molar-refractivity contribution in [3.05, 3.63) is 29.6 Å². The molecule has 0 aliphatic carbocycles. The van der Waals surface area contributed by atoms with Gasteiger partial charge in [-0.05, 0) is 46.0 Å². The number of benzene rings is 1. The zero-order valence-corrected chi connectivity index (χ0v) is 17.8. The van der Waals surface area contributed by atoms with Crippen LogP contribution in [0.3, 0.4) is 0 Å². The first-order valence-corrected chi connectivity index (χ1v) is 9.86. The van der Waals surface area contributed by atoms with E-state index in [4.69, 9.17) is 5.73 Å². The second-order valence-electron chi connectivity index (χ2n) is 6.12. The second kappa shape index (κ2) is 11.8. The van der Waals surface area contributed by atoms with Gasteiger partial charge in [-0.2, -0.15) is 0 Å². The van der Waals surface area contributed by atoms with Gasteiger partial charge in [0.15, 0.2) is 0 Å². The van der Waals surface area contributed by atoms with Crippen LogP contribution >= 0.6 is 0 Å². The van der Waals surface area contributed by atoms with Gasteiger partial charge in [0.05, 0.1) is 6.04 Å². The number of carbonyl (C=O) groups excluding carboxylic acids is 1. The van der Waals surface area contributed by atoms with Gasteiger partial charge in [-0.15, -0.1) is 0 Å². The first-order chi connectivity index (χ1) is 13.0. The zero-order chi connectivity index (χ0) is 22.1. The number of amides is 1. The molecule has 0 radical (unpaired) electrons. The molecule has 0 aromatic heterocycles. The highest BCUT2D eigenvalue weighted by Crippen LogP contribution is 2.30. The van der Waals surface area contributed by atoms with Crippen molar-refractivity contribution < 1.29 is 22.2 Å². The van der Waals surface area contributed by atoms with Crippen LogP contribution in [-0.2, 0) is 15.8 Å². The van der Waals surface area contributed by atoms with Crippen LogP contribution in [0.5, 0.6) is 0 Å². The summed E-state index contributed by atoms with van der Waals surface area (Å²) in [6.07, 6.45) is -1.65. The van der Waals surface area contributed by atoms with Crippen molar-refractivity contribution in [2.45, 2.75) is 51.8 Å². The molecule has 6 nitrogen and oxygen atoms in total. The lowest BCUT2D eigenvalue weighted by Gasteiger charge is -2.25. The summed E-state index contributed by atoms with van der Waals surface area (Å²) in [4.78, 5) is 14.9. The summed E-state index contributed by atoms with van der Waals surface area (Å²) in [5.41, 5.74) is 6.74. The number of hydrogen-bond donors (Lipinski definition) is 2. The predicted octanol–water partition coefficient (Wildman–Crippen LogP) is 3.48. The minimum atomic E-state index is -2.17. The number of likely N-dealkylation sites (N-methyl/N-ethyl adjacent to an activating group) is 1. The van der Waals surface area contributed by atoms with E-state index in [0.29, 0.717) is 17.7 Å². The van der Waals surface area contributed by atoms with Crippen molar-refractivity contribution in [2.75, 3.05) is 18.9 Å². The van der Waals surface area contributed by atoms with E-state index in [2.05, 4.69) is 10.3 Å². The standard InChI is InChI=1S/C14H19FN4O2S.C2H4F2.C2H6/c1-14(2)13(16)18-12(7-19(3)22(14)21)10-6-9(17-8-20)4-5-11(10)15;1-2(3)4;1-2/h4-6,8,12H,7H2,1-3H3,(H2,16,18)(H,17,20);2H,1H3;1-2H3. The van der Waals surface area contributed by atoms with Crippen LogP contribution in [0.4, 0.5) is 18.9 Å². The van der Waals surface area contributed by atoms with E-state index in [1.54, 1.807) is 25.2 Å². The molecular formula is C18H29F3N4O2S. The summed E-state index contributed by atoms with van der Waals surface area (Å²) < 4.78 is 48.0. The number of alkyl halides is 2. The van der Waals surface area contributed by atoms with Crippen molar-refractivity contribution in [2.24, 2.45) is 10.7 Å². The molecule has 1 aliphatic heterocycles. The maximum absolute atomic E-state index is 14.2. The van der Waals surface area contributed by atoms with Crippen molar-refractivity contribution in [3.8, 4) is 0 Å². The summed E-state index contributed by atoms with van der Waals surface area (Å²) in [5.74, 6) is -0.231. The average molecular weight is 423 g/mol. The Hall–Kier alpha value is -1.94. The molecule has 1 heterocycles. The first-order valence-electron chi connectivity index (χ1n) is 8.75. The number of nitrogens with zero attached hydrogens (tertiary/aromatic N) is 2. The third-order valence-corrected chi connectivity index (χ3v) is 5.44. The number of amidine groups is 1. The smallest absolute Gasteiger partial charge is 0.235 e. The van der Waals surface area contributed by atoms with Crippen LogP contribution in [0.25, 0.3) is 0 Å². The predicted molar refractivity (Wildman–Crippen MR) is 108 cm³/mol. The van der Waals surface area contributed by atoms with E-state index in [1.807, 2.05) is 13.8 Å². The van der Waals surface area contributed by atoms with Crippen molar-refractivity contribution in [1.29, 1.82) is 0 Å². The Morgan fingerprint density at radius 3 is 2.43 bits per heavy atom. The summed E-state index contributed by atoms with van der Waals surface area (Å²) in [5, 5.41) is 2.48. The van der Waals surface area contributed by atoms with Gasteiger partial charge in [0, 0.05) is 17.8 Å². The fraction of sp³-hybridized carbons (Fsp3) is 0.556. The SMILES string of the molecule is CC.CC(F)F.CN1CC(c2cc(NC=O)ccc2F)N=C(N)C(C)(C)S1=O. The maximum atomic E-state index is 14.2. The molecule has 1 aliphatic rings. The van der Waals surface area contributed by atoms with Crippen molar-refractivity contribution in [1.82, 2.24) is 4.31 Å². The molecule has 3 N–H and O–H groups in total. The largest absolute Gasteiger partial charge is 0.386 e. The Bertz CT molecular complexity index is 697. The molecule has 10 heteroatoms. The summed E-state index contributed by atoms with van der Waals surface area (Å²) in [6, 6.07) is 3.65. The van der Waals surface area contributed by atoms with Gasteiger partial charge >= 0.3 is 0 Å². The first kappa shape index (κ1) is 26.1. The molecule has 0 saturated carbocycles. The van der Waals surface area contributed by atoms with Crippen LogP contribution in [0.1, 0.15) is 46.2 Å². The topological polar surface area (TPSA) is 87.8 Å². The van der Waals surface area contributed by atoms with E-state index in [1.165, 1.54) is 18.2 Å². The van der Waals surface area contributed by atoms with Gasteiger partial charge in [-0.25, -0.2) is 21.7 Å². The van der Waals surface area contributed by atoms with E-state index >= 15 is 0 Å². The molecule has 0 spiro atoms. The number of nitrogens with one attached hydrogen (secondary N) is 1. The number of carbonyl (C=O) groups is 1. The number of aliphatic imine (C=N–C) groups is 1. The summed E-state index contributed by atoms with van der Waals surface area (Å²) in [6.45, 7) is 8.57. The Morgan fingerprint density at radius 2 is 1.93 bits per heavy atom. The molecular weight excluding hydrogens is 393 g/mol. The lowest BCUT2D eigenvalue weighted by molar-refractivity contribution is -0.105. The van der Waals surface area contributed by atoms with Crippen molar-refractivity contribution in [3.63, 3.8) is 0 Å². The molecule has 1 aromatic carbocycles. The van der Waals surface area contributed by atoms with E-state index in [9.17, 15) is 22.2 Å². The fourth-order valence-electron chi connectivity index (χ4n) is 2.28. The number of anilines is 1. The Balaban J connectivity index is 0.00000108. The van der Waals surface area contributed by atoms with E-state index in [-0.39, 0.29) is 12.4 Å². The van der Waals surface area contributed by atoms with Crippen LogP contribution < -0.4 is 11.1 Å². The molecule has 1 amide bonds. The van der Waals surface area contributed by atoms with E-state index < -0.39 is 34.0 Å². The van der Waals surface area contributed by atoms with Gasteiger partial charge in [0.1, 0.15) is 27.4 Å². The number of hydrogen-bond acceptors (Lipinski definition) is 4. The number of nitrogens with two attached hydrogens (primary N) is 1. The molecule has 28 heavy (non-hydrogen) atoms. The molecule has 1 aromatic rings. The normalized spacial score (nSPS) is 21.3. The maximum Gasteiger partial charge on any atom is 0.235 e. The van der Waals surface area contributed by atoms with Crippen LogP contribution in [0, 0.1) is 5.82 Å². The quantitative estimate of drug-likeness (QED) is 0.731. The molecule has 0 bridgehead atoms. The molecule has 160 valence electrons. The van der Waals surface area contributed by atoms with Crippen LogP contribution in [0.15, 0.2) is 23.2 Å². The molecule has 2 rings (SSSR count). The average Bonchev–Trinajstić information content (AvgIpc) is 2.69. The van der Waals surface area contributed by atoms with Gasteiger partial charge in [0.25, 0.3) is 0 Å². The molecule has 0 fully saturated rings. The Morgan fingerprint density at radius 1 is 1.39 bits per heavy atom. The zero-order valence-electron chi connectivity index (χ0n) is 17.0.